The molecule has 1 fully saturated rings. The zero-order chi connectivity index (χ0) is 13.9. The Morgan fingerprint density at radius 3 is 2.68 bits per heavy atom. The molecule has 19 heavy (non-hydrogen) atoms. The number of benzene rings is 1. The average Bonchev–Trinajstić information content (AvgIpc) is 2.53. The molecular weight excluding hydrogens is 256 g/mol. The van der Waals surface area contributed by atoms with Crippen LogP contribution < -0.4 is 5.32 Å². The molecule has 1 saturated heterocycles. The highest BCUT2D eigenvalue weighted by Gasteiger charge is 2.30. The number of nitrogens with one attached hydrogen (secondary N) is 1. The summed E-state index contributed by atoms with van der Waals surface area (Å²) >= 11 is 5.95. The molecule has 2 rings (SSSR count). The maximum atomic E-state index is 5.95. The van der Waals surface area contributed by atoms with E-state index in [4.69, 9.17) is 11.6 Å². The highest BCUT2D eigenvalue weighted by molar-refractivity contribution is 6.30. The van der Waals surface area contributed by atoms with E-state index < -0.39 is 0 Å². The molecule has 1 aliphatic rings. The molecule has 2 unspecified atom stereocenters. The van der Waals surface area contributed by atoms with Crippen LogP contribution >= 0.6 is 11.6 Å². The fraction of sp³-hybridized carbons (Fsp3) is 0.625. The Balaban J connectivity index is 2.09. The lowest BCUT2D eigenvalue weighted by molar-refractivity contribution is 0.163. The predicted molar refractivity (Wildman–Crippen MR) is 82.6 cm³/mol. The van der Waals surface area contributed by atoms with Gasteiger partial charge in [-0.25, -0.2) is 0 Å². The first-order valence-electron chi connectivity index (χ1n) is 7.26. The van der Waals surface area contributed by atoms with E-state index in [0.29, 0.717) is 6.04 Å². The van der Waals surface area contributed by atoms with Crippen LogP contribution in [0.4, 0.5) is 0 Å². The lowest BCUT2D eigenvalue weighted by atomic mass is 9.98. The van der Waals surface area contributed by atoms with Crippen molar-refractivity contribution in [1.82, 2.24) is 10.2 Å². The molecule has 1 N–H and O–H groups in total. The topological polar surface area (TPSA) is 15.3 Å². The minimum Gasteiger partial charge on any atom is -0.310 e. The van der Waals surface area contributed by atoms with Gasteiger partial charge in [0.2, 0.25) is 0 Å². The highest BCUT2D eigenvalue weighted by atomic mass is 35.5. The normalized spacial score (nSPS) is 29.2. The first-order chi connectivity index (χ1) is 9.02. The maximum absolute atomic E-state index is 5.95. The third-order valence-corrected chi connectivity index (χ3v) is 4.62. The van der Waals surface area contributed by atoms with Gasteiger partial charge in [0, 0.05) is 29.7 Å². The van der Waals surface area contributed by atoms with Gasteiger partial charge >= 0.3 is 0 Å². The van der Waals surface area contributed by atoms with Gasteiger partial charge in [0.1, 0.15) is 0 Å². The van der Waals surface area contributed by atoms with Crippen molar-refractivity contribution >= 4 is 11.6 Å². The SMILES string of the molecule is CCC1(C)CN(Cc2ccc(Cl)cc2)C(C)CCN1. The van der Waals surface area contributed by atoms with E-state index in [9.17, 15) is 0 Å². The first-order valence-corrected chi connectivity index (χ1v) is 7.64. The molecule has 3 heteroatoms. The van der Waals surface area contributed by atoms with E-state index in [2.05, 4.69) is 43.1 Å². The molecule has 0 bridgehead atoms. The molecule has 0 amide bonds. The number of hydrogen-bond acceptors (Lipinski definition) is 2. The second-order valence-electron chi connectivity index (χ2n) is 6.01. The van der Waals surface area contributed by atoms with Gasteiger partial charge in [-0.1, -0.05) is 30.7 Å². The van der Waals surface area contributed by atoms with Crippen molar-refractivity contribution in [2.75, 3.05) is 13.1 Å². The zero-order valence-corrected chi connectivity index (χ0v) is 13.0. The van der Waals surface area contributed by atoms with E-state index in [-0.39, 0.29) is 5.54 Å². The fourth-order valence-corrected chi connectivity index (χ4v) is 2.82. The Bertz CT molecular complexity index is 404. The molecule has 1 aliphatic heterocycles. The van der Waals surface area contributed by atoms with Crippen molar-refractivity contribution in [3.63, 3.8) is 0 Å². The van der Waals surface area contributed by atoms with Crippen LogP contribution in [0.15, 0.2) is 24.3 Å². The summed E-state index contributed by atoms with van der Waals surface area (Å²) in [5.74, 6) is 0. The van der Waals surface area contributed by atoms with Crippen LogP contribution in [-0.4, -0.2) is 29.6 Å². The standard InChI is InChI=1S/C16H25ClN2/c1-4-16(3)12-19(13(2)9-10-18-16)11-14-5-7-15(17)8-6-14/h5-8,13,18H,4,9-12H2,1-3H3. The van der Waals surface area contributed by atoms with Crippen LogP contribution in [0.2, 0.25) is 5.02 Å². The highest BCUT2D eigenvalue weighted by Crippen LogP contribution is 2.21. The van der Waals surface area contributed by atoms with Gasteiger partial charge in [-0.2, -0.15) is 0 Å². The average molecular weight is 281 g/mol. The van der Waals surface area contributed by atoms with E-state index in [1.165, 1.54) is 12.0 Å². The molecule has 1 heterocycles. The second-order valence-corrected chi connectivity index (χ2v) is 6.45. The Morgan fingerprint density at radius 1 is 1.37 bits per heavy atom. The van der Waals surface area contributed by atoms with E-state index in [1.54, 1.807) is 0 Å². The zero-order valence-electron chi connectivity index (χ0n) is 12.2. The largest absolute Gasteiger partial charge is 0.310 e. The summed E-state index contributed by atoms with van der Waals surface area (Å²) in [4.78, 5) is 2.59. The summed E-state index contributed by atoms with van der Waals surface area (Å²) in [6, 6.07) is 8.86. The molecule has 0 aromatic heterocycles. The monoisotopic (exact) mass is 280 g/mol. The lowest BCUT2D eigenvalue weighted by Gasteiger charge is -2.35. The summed E-state index contributed by atoms with van der Waals surface area (Å²) in [6.07, 6.45) is 2.38. The minimum atomic E-state index is 0.233. The predicted octanol–water partition coefficient (Wildman–Crippen LogP) is 3.69. The molecule has 1 aromatic carbocycles. The van der Waals surface area contributed by atoms with Gasteiger partial charge in [0.05, 0.1) is 0 Å². The van der Waals surface area contributed by atoms with E-state index >= 15 is 0 Å². The van der Waals surface area contributed by atoms with Gasteiger partial charge < -0.3 is 5.32 Å². The van der Waals surface area contributed by atoms with Crippen LogP contribution in [0.5, 0.6) is 0 Å². The molecule has 106 valence electrons. The molecular formula is C16H25ClN2. The van der Waals surface area contributed by atoms with Crippen molar-refractivity contribution < 1.29 is 0 Å². The Morgan fingerprint density at radius 2 is 2.05 bits per heavy atom. The van der Waals surface area contributed by atoms with Crippen LogP contribution in [-0.2, 0) is 6.54 Å². The second kappa shape index (κ2) is 6.25. The molecule has 0 saturated carbocycles. The lowest BCUT2D eigenvalue weighted by Crippen LogP contribution is -2.49. The Hall–Kier alpha value is -0.570. The van der Waals surface area contributed by atoms with Gasteiger partial charge in [-0.15, -0.1) is 0 Å². The van der Waals surface area contributed by atoms with E-state index in [0.717, 1.165) is 31.1 Å². The first kappa shape index (κ1) is 14.8. The van der Waals surface area contributed by atoms with Crippen molar-refractivity contribution in [2.24, 2.45) is 0 Å². The molecule has 0 aliphatic carbocycles. The Labute approximate surface area is 122 Å². The maximum Gasteiger partial charge on any atom is 0.0406 e. The quantitative estimate of drug-likeness (QED) is 0.908. The van der Waals surface area contributed by atoms with Gasteiger partial charge in [0.15, 0.2) is 0 Å². The molecule has 2 nitrogen and oxygen atoms in total. The summed E-state index contributed by atoms with van der Waals surface area (Å²) in [7, 11) is 0. The molecule has 2 atom stereocenters. The van der Waals surface area contributed by atoms with Crippen molar-refractivity contribution in [1.29, 1.82) is 0 Å². The molecule has 0 radical (unpaired) electrons. The third-order valence-electron chi connectivity index (χ3n) is 4.37. The minimum absolute atomic E-state index is 0.233. The Kier molecular flexibility index (Phi) is 4.88. The summed E-state index contributed by atoms with van der Waals surface area (Å²) < 4.78 is 0. The van der Waals surface area contributed by atoms with Crippen LogP contribution in [0.25, 0.3) is 0 Å². The smallest absolute Gasteiger partial charge is 0.0406 e. The van der Waals surface area contributed by atoms with Crippen molar-refractivity contribution in [3.8, 4) is 0 Å². The molecule has 0 spiro atoms. The van der Waals surface area contributed by atoms with Gasteiger partial charge in [-0.3, -0.25) is 4.90 Å². The van der Waals surface area contributed by atoms with Crippen LogP contribution in [0.1, 0.15) is 39.2 Å². The van der Waals surface area contributed by atoms with Crippen LogP contribution in [0, 0.1) is 0 Å². The number of hydrogen-bond donors (Lipinski definition) is 1. The van der Waals surface area contributed by atoms with Crippen LogP contribution in [0.3, 0.4) is 0 Å². The van der Waals surface area contributed by atoms with Crippen molar-refractivity contribution in [2.45, 2.75) is 51.7 Å². The molecule has 1 aromatic rings. The van der Waals surface area contributed by atoms with Crippen molar-refractivity contribution in [3.05, 3.63) is 34.9 Å². The van der Waals surface area contributed by atoms with Gasteiger partial charge in [-0.05, 0) is 50.9 Å². The third kappa shape index (κ3) is 3.95. The van der Waals surface area contributed by atoms with Gasteiger partial charge in [0.25, 0.3) is 0 Å². The summed E-state index contributed by atoms with van der Waals surface area (Å²) in [5, 5.41) is 4.51. The summed E-state index contributed by atoms with van der Waals surface area (Å²) in [6.45, 7) is 10.2. The van der Waals surface area contributed by atoms with E-state index in [1.807, 2.05) is 12.1 Å². The summed E-state index contributed by atoms with van der Waals surface area (Å²) in [5.41, 5.74) is 1.58. The number of rotatable bonds is 3. The number of halogens is 1. The number of nitrogens with zero attached hydrogens (tertiary/aromatic N) is 1. The fourth-order valence-electron chi connectivity index (χ4n) is 2.70.